The number of carbonyl (C=O) groups is 3. The molecule has 4 aromatic rings. The minimum absolute atomic E-state index is 0.0896. The first-order valence-electron chi connectivity index (χ1n) is 20.2. The van der Waals surface area contributed by atoms with Crippen LogP contribution in [0.25, 0.3) is 22.0 Å². The van der Waals surface area contributed by atoms with Gasteiger partial charge < -0.3 is 30.0 Å². The van der Waals surface area contributed by atoms with E-state index in [1.165, 1.54) is 4.68 Å². The molecule has 0 spiro atoms. The number of hydrogen-bond acceptors (Lipinski definition) is 12. The molecule has 4 amide bonds. The van der Waals surface area contributed by atoms with E-state index in [4.69, 9.17) is 0 Å². The van der Waals surface area contributed by atoms with Crippen LogP contribution in [0.1, 0.15) is 45.6 Å². The third kappa shape index (κ3) is 7.00. The summed E-state index contributed by atoms with van der Waals surface area (Å²) in [5, 5.41) is 30.5. The molecule has 5 aliphatic heterocycles. The van der Waals surface area contributed by atoms with Crippen LogP contribution in [0.15, 0.2) is 59.5 Å². The molecule has 16 heteroatoms. The van der Waals surface area contributed by atoms with E-state index in [-0.39, 0.29) is 54.2 Å². The Morgan fingerprint density at radius 2 is 1.70 bits per heavy atom. The van der Waals surface area contributed by atoms with E-state index in [1.54, 1.807) is 18.3 Å². The second kappa shape index (κ2) is 15.0. The van der Waals surface area contributed by atoms with Crippen molar-refractivity contribution < 1.29 is 19.5 Å². The van der Waals surface area contributed by atoms with Gasteiger partial charge in [-0.2, -0.15) is 5.10 Å². The number of piperidine rings is 2. The smallest absolute Gasteiger partial charge is 0.320 e. The van der Waals surface area contributed by atoms with E-state index in [0.717, 1.165) is 68.1 Å². The van der Waals surface area contributed by atoms with E-state index in [0.29, 0.717) is 48.7 Å². The summed E-state index contributed by atoms with van der Waals surface area (Å²) in [4.78, 5) is 62.7. The van der Waals surface area contributed by atoms with Gasteiger partial charge in [0.2, 0.25) is 5.91 Å². The van der Waals surface area contributed by atoms with Crippen molar-refractivity contribution in [3.05, 3.63) is 65.1 Å². The molecular formula is C41H49N11O5. The molecule has 0 aliphatic carbocycles. The Bertz CT molecular complexity index is 2260. The Hall–Kier alpha value is -5.77. The van der Waals surface area contributed by atoms with Gasteiger partial charge in [-0.15, -0.1) is 10.2 Å². The van der Waals surface area contributed by atoms with E-state index < -0.39 is 11.9 Å². The summed E-state index contributed by atoms with van der Waals surface area (Å²) in [6.45, 7) is 11.5. The number of phenolic OH excluding ortho intramolecular Hbond substituents is 1. The molecule has 3 N–H and O–H groups in total. The maximum atomic E-state index is 14.1. The summed E-state index contributed by atoms with van der Waals surface area (Å²) in [6, 6.07) is 14.5. The highest BCUT2D eigenvalue weighted by Crippen LogP contribution is 2.36. The first-order chi connectivity index (χ1) is 27.6. The number of amides is 4. The molecule has 9 rings (SSSR count). The van der Waals surface area contributed by atoms with Gasteiger partial charge in [0.25, 0.3) is 11.5 Å². The zero-order valence-corrected chi connectivity index (χ0v) is 32.4. The van der Waals surface area contributed by atoms with Gasteiger partial charge in [-0.1, -0.05) is 12.1 Å². The monoisotopic (exact) mass is 775 g/mol. The Morgan fingerprint density at radius 1 is 0.912 bits per heavy atom. The van der Waals surface area contributed by atoms with Crippen molar-refractivity contribution in [1.82, 2.24) is 40.0 Å². The van der Waals surface area contributed by atoms with Gasteiger partial charge in [-0.05, 0) is 75.4 Å². The standard InChI is InChI=1S/C41H49N11O5/c1-25-21-47(23-27-11-13-48(14-12-27)29-7-8-31-28(17-29)19-43-52(40(31)56)34-9-10-37(54)44-39(34)55)22-26(2)51(25)41(57)49-15-16-50-30(24-49)20-42-38-35(50)18-33(45-46-38)32-5-3-4-6-36(32)53/h3-8,17-19,25-27,30,34,53H,9-16,20-24H2,1-2H3,(H,42,46)(H,44,54,55)/t25-,26+,30-,34?/m0/s1. The summed E-state index contributed by atoms with van der Waals surface area (Å²) in [5.41, 5.74) is 2.92. The number of para-hydroxylation sites is 1. The third-order valence-corrected chi connectivity index (χ3v) is 12.5. The molecule has 57 heavy (non-hydrogen) atoms. The SMILES string of the molecule is C[C@@H]1CN(CC2CCN(c3ccc4c(=O)n(C5CCC(=O)NC5=O)ncc4c3)CC2)C[C@H](C)N1C(=O)N1CCN2c3cc(-c4ccccc4O)nnc3NC[C@H]2C1. The number of aromatic nitrogens is 4. The number of carbonyl (C=O) groups excluding carboxylic acids is 3. The van der Waals surface area contributed by atoms with Gasteiger partial charge in [-0.3, -0.25) is 24.6 Å². The lowest BCUT2D eigenvalue weighted by Crippen LogP contribution is -2.65. The maximum absolute atomic E-state index is 14.1. The molecule has 4 fully saturated rings. The van der Waals surface area contributed by atoms with E-state index in [1.807, 2.05) is 41.3 Å². The van der Waals surface area contributed by atoms with Crippen molar-refractivity contribution in [2.45, 2.75) is 63.7 Å². The number of benzene rings is 2. The normalized spacial score (nSPS) is 24.5. The zero-order chi connectivity index (χ0) is 39.4. The van der Waals surface area contributed by atoms with Crippen LogP contribution in [0.3, 0.4) is 0 Å². The largest absolute Gasteiger partial charge is 0.507 e. The number of urea groups is 1. The maximum Gasteiger partial charge on any atom is 0.320 e. The van der Waals surface area contributed by atoms with Crippen molar-refractivity contribution in [2.75, 3.05) is 74.0 Å². The Kier molecular flexibility index (Phi) is 9.67. The predicted molar refractivity (Wildman–Crippen MR) is 215 cm³/mol. The fourth-order valence-corrected chi connectivity index (χ4v) is 9.63. The van der Waals surface area contributed by atoms with Crippen molar-refractivity contribution >= 4 is 45.8 Å². The Morgan fingerprint density at radius 3 is 2.47 bits per heavy atom. The van der Waals surface area contributed by atoms with Gasteiger partial charge in [-0.25, -0.2) is 9.48 Å². The van der Waals surface area contributed by atoms with Crippen LogP contribution in [0, 0.1) is 5.92 Å². The molecule has 0 saturated carbocycles. The minimum Gasteiger partial charge on any atom is -0.507 e. The van der Waals surface area contributed by atoms with Gasteiger partial charge in [0, 0.05) is 94.0 Å². The first-order valence-corrected chi connectivity index (χ1v) is 20.2. The molecular weight excluding hydrogens is 727 g/mol. The summed E-state index contributed by atoms with van der Waals surface area (Å²) in [7, 11) is 0. The van der Waals surface area contributed by atoms with Crippen molar-refractivity contribution in [1.29, 1.82) is 0 Å². The Balaban J connectivity index is 0.779. The molecule has 2 aromatic heterocycles. The molecule has 5 aliphatic rings. The highest BCUT2D eigenvalue weighted by Gasteiger charge is 2.40. The van der Waals surface area contributed by atoms with E-state index in [2.05, 4.69) is 59.4 Å². The van der Waals surface area contributed by atoms with Crippen LogP contribution in [-0.4, -0.2) is 135 Å². The van der Waals surface area contributed by atoms with Crippen LogP contribution in [0.2, 0.25) is 0 Å². The number of rotatable bonds is 5. The molecule has 4 saturated heterocycles. The lowest BCUT2D eigenvalue weighted by Gasteiger charge is -2.50. The van der Waals surface area contributed by atoms with Gasteiger partial charge >= 0.3 is 6.03 Å². The molecule has 4 atom stereocenters. The topological polar surface area (TPSA) is 172 Å². The van der Waals surface area contributed by atoms with Crippen LogP contribution in [-0.2, 0) is 9.59 Å². The van der Waals surface area contributed by atoms with Crippen LogP contribution in [0.5, 0.6) is 5.75 Å². The first kappa shape index (κ1) is 36.8. The van der Waals surface area contributed by atoms with Crippen LogP contribution < -0.4 is 26.0 Å². The molecule has 0 radical (unpaired) electrons. The quantitative estimate of drug-likeness (QED) is 0.254. The number of hydrogen-bond donors (Lipinski definition) is 3. The Labute approximate surface area is 330 Å². The lowest BCUT2D eigenvalue weighted by atomic mass is 9.94. The second-order valence-corrected chi connectivity index (χ2v) is 16.3. The number of piperazine rings is 2. The number of nitrogens with zero attached hydrogens (tertiary/aromatic N) is 9. The van der Waals surface area contributed by atoms with E-state index >= 15 is 0 Å². The number of phenols is 1. The molecule has 2 aromatic carbocycles. The minimum atomic E-state index is -0.785. The number of imide groups is 1. The zero-order valence-electron chi connectivity index (χ0n) is 32.4. The van der Waals surface area contributed by atoms with Gasteiger partial charge in [0.05, 0.1) is 29.0 Å². The average molecular weight is 776 g/mol. The average Bonchev–Trinajstić information content (AvgIpc) is 3.21. The fourth-order valence-electron chi connectivity index (χ4n) is 9.63. The lowest BCUT2D eigenvalue weighted by molar-refractivity contribution is -0.136. The van der Waals surface area contributed by atoms with Crippen molar-refractivity contribution in [3.63, 3.8) is 0 Å². The third-order valence-electron chi connectivity index (χ3n) is 12.5. The second-order valence-electron chi connectivity index (χ2n) is 16.3. The number of aromatic hydroxyl groups is 1. The van der Waals surface area contributed by atoms with Crippen LogP contribution in [0.4, 0.5) is 22.0 Å². The van der Waals surface area contributed by atoms with Crippen molar-refractivity contribution in [2.24, 2.45) is 5.92 Å². The molecule has 16 nitrogen and oxygen atoms in total. The fraction of sp³-hybridized carbons (Fsp3) is 0.488. The van der Waals surface area contributed by atoms with Crippen LogP contribution >= 0.6 is 0 Å². The number of anilines is 3. The summed E-state index contributed by atoms with van der Waals surface area (Å²) in [6.07, 6.45) is 4.19. The molecule has 7 heterocycles. The summed E-state index contributed by atoms with van der Waals surface area (Å²) >= 11 is 0. The van der Waals surface area contributed by atoms with Gasteiger partial charge in [0.1, 0.15) is 11.8 Å². The van der Waals surface area contributed by atoms with Gasteiger partial charge in [0.15, 0.2) is 5.82 Å². The molecule has 1 unspecified atom stereocenters. The van der Waals surface area contributed by atoms with E-state index in [9.17, 15) is 24.3 Å². The van der Waals surface area contributed by atoms with Crippen molar-refractivity contribution in [3.8, 4) is 17.0 Å². The highest BCUT2D eigenvalue weighted by atomic mass is 16.3. The number of fused-ring (bicyclic) bond motifs is 4. The number of nitrogens with one attached hydrogen (secondary N) is 2. The molecule has 298 valence electrons. The molecule has 0 bridgehead atoms. The summed E-state index contributed by atoms with van der Waals surface area (Å²) < 4.78 is 1.20. The predicted octanol–water partition coefficient (Wildman–Crippen LogP) is 2.88. The summed E-state index contributed by atoms with van der Waals surface area (Å²) in [5.74, 6) is 0.626. The highest BCUT2D eigenvalue weighted by molar-refractivity contribution is 5.99.